The maximum absolute atomic E-state index is 4.68. The molecule has 0 amide bonds. The Hall–Kier alpha value is -0.0800. The third-order valence-electron chi connectivity index (χ3n) is 3.55. The molecule has 0 aromatic heterocycles. The molecule has 0 spiro atoms. The van der Waals surface area contributed by atoms with Crippen molar-refractivity contribution in [3.8, 4) is 0 Å². The molecule has 22 heavy (non-hydrogen) atoms. The van der Waals surface area contributed by atoms with Gasteiger partial charge in [0.25, 0.3) is 0 Å². The average molecular weight is 425 g/mol. The van der Waals surface area contributed by atoms with Crippen molar-refractivity contribution in [2.45, 2.75) is 46.1 Å². The van der Waals surface area contributed by atoms with Crippen LogP contribution in [-0.2, 0) is 0 Å². The number of hydrogen-bond acceptors (Lipinski definition) is 3. The van der Waals surface area contributed by atoms with E-state index in [1.807, 2.05) is 0 Å². The standard InChI is InChI=1S/C16H35N5.HI/c1-6-17-15(19-16(2,3)4)18-9-7-11-21-12-8-10-20(5)13-14-21;/h6-14H2,1-5H3,(H2,17,18,19);1H. The zero-order chi connectivity index (χ0) is 15.7. The molecule has 5 nitrogen and oxygen atoms in total. The smallest absolute Gasteiger partial charge is 0.191 e. The number of likely N-dealkylation sites (N-methyl/N-ethyl adjacent to an activating group) is 1. The van der Waals surface area contributed by atoms with E-state index in [9.17, 15) is 0 Å². The molecular formula is C16H36IN5. The summed E-state index contributed by atoms with van der Waals surface area (Å²) in [6.45, 7) is 16.4. The van der Waals surface area contributed by atoms with Crippen LogP contribution >= 0.6 is 24.0 Å². The number of aliphatic imine (C=N–C) groups is 1. The van der Waals surface area contributed by atoms with Gasteiger partial charge >= 0.3 is 0 Å². The van der Waals surface area contributed by atoms with Crippen molar-refractivity contribution in [3.05, 3.63) is 0 Å². The van der Waals surface area contributed by atoms with Crippen LogP contribution in [0.4, 0.5) is 0 Å². The summed E-state index contributed by atoms with van der Waals surface area (Å²) in [5, 5.41) is 6.74. The molecule has 1 rings (SSSR count). The van der Waals surface area contributed by atoms with E-state index in [1.165, 1.54) is 32.6 Å². The van der Waals surface area contributed by atoms with E-state index in [2.05, 4.69) is 60.2 Å². The number of nitrogens with zero attached hydrogens (tertiary/aromatic N) is 3. The predicted octanol–water partition coefficient (Wildman–Crippen LogP) is 1.99. The van der Waals surface area contributed by atoms with Crippen LogP contribution in [0.5, 0.6) is 0 Å². The summed E-state index contributed by atoms with van der Waals surface area (Å²) >= 11 is 0. The normalized spacial score (nSPS) is 18.5. The molecule has 0 unspecified atom stereocenters. The number of nitrogens with one attached hydrogen (secondary N) is 2. The van der Waals surface area contributed by atoms with Crippen LogP contribution in [0.25, 0.3) is 0 Å². The van der Waals surface area contributed by atoms with E-state index in [1.54, 1.807) is 0 Å². The van der Waals surface area contributed by atoms with Crippen LogP contribution in [0.15, 0.2) is 4.99 Å². The fraction of sp³-hybridized carbons (Fsp3) is 0.938. The zero-order valence-electron chi connectivity index (χ0n) is 15.1. The highest BCUT2D eigenvalue weighted by Crippen LogP contribution is 2.02. The maximum Gasteiger partial charge on any atom is 0.191 e. The molecule has 0 radical (unpaired) electrons. The van der Waals surface area contributed by atoms with Crippen LogP contribution in [0.1, 0.15) is 40.5 Å². The summed E-state index contributed by atoms with van der Waals surface area (Å²) in [6, 6.07) is 0. The third-order valence-corrected chi connectivity index (χ3v) is 3.55. The molecule has 6 heteroatoms. The van der Waals surface area contributed by atoms with Gasteiger partial charge in [0.2, 0.25) is 0 Å². The molecule has 0 aromatic rings. The maximum atomic E-state index is 4.68. The second-order valence-electron chi connectivity index (χ2n) is 6.99. The predicted molar refractivity (Wildman–Crippen MR) is 107 cm³/mol. The van der Waals surface area contributed by atoms with Gasteiger partial charge in [-0.15, -0.1) is 24.0 Å². The number of hydrogen-bond donors (Lipinski definition) is 2. The van der Waals surface area contributed by atoms with Crippen molar-refractivity contribution in [2.24, 2.45) is 4.99 Å². The quantitative estimate of drug-likeness (QED) is 0.306. The first-order valence-corrected chi connectivity index (χ1v) is 8.38. The van der Waals surface area contributed by atoms with Gasteiger partial charge in [0.1, 0.15) is 0 Å². The SMILES string of the molecule is CCNC(=NCCCN1CCCN(C)CC1)NC(C)(C)C.I. The van der Waals surface area contributed by atoms with Crippen molar-refractivity contribution in [2.75, 3.05) is 52.9 Å². The largest absolute Gasteiger partial charge is 0.357 e. The molecule has 132 valence electrons. The topological polar surface area (TPSA) is 42.9 Å². The van der Waals surface area contributed by atoms with Gasteiger partial charge in [-0.2, -0.15) is 0 Å². The highest BCUT2D eigenvalue weighted by molar-refractivity contribution is 14.0. The summed E-state index contributed by atoms with van der Waals surface area (Å²) in [5.41, 5.74) is 0.0520. The molecule has 1 aliphatic rings. The molecule has 1 heterocycles. The van der Waals surface area contributed by atoms with Gasteiger partial charge in [0.05, 0.1) is 0 Å². The van der Waals surface area contributed by atoms with Gasteiger partial charge in [-0.3, -0.25) is 4.99 Å². The molecule has 1 fully saturated rings. The second kappa shape index (κ2) is 11.5. The molecule has 0 aliphatic carbocycles. The van der Waals surface area contributed by atoms with E-state index < -0.39 is 0 Å². The van der Waals surface area contributed by atoms with Gasteiger partial charge in [-0.05, 0) is 67.2 Å². The number of halogens is 1. The lowest BCUT2D eigenvalue weighted by atomic mass is 10.1. The lowest BCUT2D eigenvalue weighted by molar-refractivity contribution is 0.275. The molecule has 0 bridgehead atoms. The monoisotopic (exact) mass is 425 g/mol. The molecule has 0 saturated carbocycles. The molecule has 1 aliphatic heterocycles. The Bertz CT molecular complexity index is 314. The van der Waals surface area contributed by atoms with Crippen molar-refractivity contribution in [1.29, 1.82) is 0 Å². The minimum Gasteiger partial charge on any atom is -0.357 e. The first-order chi connectivity index (χ1) is 9.90. The highest BCUT2D eigenvalue weighted by atomic mass is 127. The van der Waals surface area contributed by atoms with Crippen molar-refractivity contribution < 1.29 is 0 Å². The number of guanidine groups is 1. The summed E-state index contributed by atoms with van der Waals surface area (Å²) in [7, 11) is 2.22. The highest BCUT2D eigenvalue weighted by Gasteiger charge is 2.12. The van der Waals surface area contributed by atoms with Gasteiger partial charge in [-0.1, -0.05) is 0 Å². The number of rotatable bonds is 5. The second-order valence-corrected chi connectivity index (χ2v) is 6.99. The first kappa shape index (κ1) is 21.9. The zero-order valence-corrected chi connectivity index (χ0v) is 17.4. The Morgan fingerprint density at radius 3 is 2.50 bits per heavy atom. The molecule has 1 saturated heterocycles. The average Bonchev–Trinajstić information content (AvgIpc) is 2.58. The van der Waals surface area contributed by atoms with Gasteiger partial charge in [0.15, 0.2) is 5.96 Å². The van der Waals surface area contributed by atoms with E-state index in [0.717, 1.165) is 32.0 Å². The Morgan fingerprint density at radius 2 is 1.86 bits per heavy atom. The van der Waals surface area contributed by atoms with Gasteiger partial charge < -0.3 is 20.4 Å². The lowest BCUT2D eigenvalue weighted by Crippen LogP contribution is -2.47. The van der Waals surface area contributed by atoms with Crippen LogP contribution in [0, 0.1) is 0 Å². The third kappa shape index (κ3) is 10.6. The lowest BCUT2D eigenvalue weighted by Gasteiger charge is -2.24. The van der Waals surface area contributed by atoms with Crippen LogP contribution < -0.4 is 10.6 Å². The van der Waals surface area contributed by atoms with Crippen LogP contribution in [0.3, 0.4) is 0 Å². The Balaban J connectivity index is 0.00000441. The summed E-state index contributed by atoms with van der Waals surface area (Å²) < 4.78 is 0. The summed E-state index contributed by atoms with van der Waals surface area (Å²) in [5.74, 6) is 0.931. The van der Waals surface area contributed by atoms with E-state index in [0.29, 0.717) is 0 Å². The van der Waals surface area contributed by atoms with E-state index >= 15 is 0 Å². The minimum atomic E-state index is 0. The fourth-order valence-electron chi connectivity index (χ4n) is 2.47. The Labute approximate surface area is 154 Å². The molecule has 2 N–H and O–H groups in total. The fourth-order valence-corrected chi connectivity index (χ4v) is 2.47. The minimum absolute atomic E-state index is 0. The van der Waals surface area contributed by atoms with Crippen LogP contribution in [-0.4, -0.2) is 74.2 Å². The van der Waals surface area contributed by atoms with Crippen molar-refractivity contribution in [3.63, 3.8) is 0 Å². The Morgan fingerprint density at radius 1 is 1.14 bits per heavy atom. The Kier molecular flexibility index (Phi) is 11.4. The van der Waals surface area contributed by atoms with Crippen molar-refractivity contribution >= 4 is 29.9 Å². The summed E-state index contributed by atoms with van der Waals surface area (Å²) in [6.07, 6.45) is 2.42. The molecular weight excluding hydrogens is 389 g/mol. The van der Waals surface area contributed by atoms with E-state index in [-0.39, 0.29) is 29.5 Å². The van der Waals surface area contributed by atoms with E-state index in [4.69, 9.17) is 0 Å². The first-order valence-electron chi connectivity index (χ1n) is 8.38. The van der Waals surface area contributed by atoms with Gasteiger partial charge in [0, 0.05) is 31.7 Å². The van der Waals surface area contributed by atoms with Crippen molar-refractivity contribution in [1.82, 2.24) is 20.4 Å². The van der Waals surface area contributed by atoms with Gasteiger partial charge in [-0.25, -0.2) is 0 Å². The summed E-state index contributed by atoms with van der Waals surface area (Å²) in [4.78, 5) is 9.68. The van der Waals surface area contributed by atoms with Crippen LogP contribution in [0.2, 0.25) is 0 Å². The molecule has 0 atom stereocenters. The molecule has 0 aromatic carbocycles.